The minimum Gasteiger partial charge on any atom is -0.305 e. The fourth-order valence-electron chi connectivity index (χ4n) is 2.29. The van der Waals surface area contributed by atoms with Gasteiger partial charge >= 0.3 is 0 Å². The van der Waals surface area contributed by atoms with E-state index in [1.165, 1.54) is 10.7 Å². The molecule has 116 valence electrons. The van der Waals surface area contributed by atoms with Crippen LogP contribution < -0.4 is 10.7 Å². The molecular formula is C16H13ClN4O2. The number of aromatic nitrogens is 3. The first-order valence-electron chi connectivity index (χ1n) is 6.87. The molecule has 0 spiro atoms. The zero-order chi connectivity index (χ0) is 16.6. The molecule has 0 atom stereocenters. The second kappa shape index (κ2) is 5.81. The molecule has 0 unspecified atom stereocenters. The zero-order valence-corrected chi connectivity index (χ0v) is 13.3. The molecule has 0 radical (unpaired) electrons. The number of carbonyl (C=O) groups is 1. The SMILES string of the molecule is Cc1cccc(NC(=O)c2nn(C)c3ccc(Cl)cc3c2=O)n1. The first kappa shape index (κ1) is 15.2. The summed E-state index contributed by atoms with van der Waals surface area (Å²) in [6, 6.07) is 10.1. The third kappa shape index (κ3) is 2.93. The first-order chi connectivity index (χ1) is 11.0. The molecule has 3 aromatic rings. The minimum atomic E-state index is -0.606. The van der Waals surface area contributed by atoms with E-state index in [4.69, 9.17) is 11.6 Å². The number of pyridine rings is 1. The number of fused-ring (bicyclic) bond motifs is 1. The number of benzene rings is 1. The lowest BCUT2D eigenvalue weighted by Crippen LogP contribution is -2.26. The topological polar surface area (TPSA) is 76.9 Å². The maximum atomic E-state index is 12.5. The smallest absolute Gasteiger partial charge is 0.281 e. The van der Waals surface area contributed by atoms with Crippen molar-refractivity contribution in [3.8, 4) is 0 Å². The Bertz CT molecular complexity index is 981. The minimum absolute atomic E-state index is 0.203. The van der Waals surface area contributed by atoms with Crippen LogP contribution >= 0.6 is 11.6 Å². The van der Waals surface area contributed by atoms with Crippen LogP contribution in [0, 0.1) is 6.92 Å². The largest absolute Gasteiger partial charge is 0.305 e. The van der Waals surface area contributed by atoms with Crippen molar-refractivity contribution in [2.45, 2.75) is 6.92 Å². The van der Waals surface area contributed by atoms with Crippen LogP contribution in [0.25, 0.3) is 10.9 Å². The van der Waals surface area contributed by atoms with Crippen molar-refractivity contribution >= 4 is 34.2 Å². The third-order valence-electron chi connectivity index (χ3n) is 3.36. The van der Waals surface area contributed by atoms with E-state index in [0.717, 1.165) is 5.69 Å². The Labute approximate surface area is 136 Å². The van der Waals surface area contributed by atoms with Crippen molar-refractivity contribution in [2.75, 3.05) is 5.32 Å². The van der Waals surface area contributed by atoms with Crippen LogP contribution in [0.5, 0.6) is 0 Å². The number of rotatable bonds is 2. The Morgan fingerprint density at radius 3 is 2.78 bits per heavy atom. The molecule has 0 aliphatic carbocycles. The van der Waals surface area contributed by atoms with Gasteiger partial charge in [0.1, 0.15) is 5.82 Å². The number of nitrogens with one attached hydrogen (secondary N) is 1. The van der Waals surface area contributed by atoms with Crippen molar-refractivity contribution in [3.63, 3.8) is 0 Å². The van der Waals surface area contributed by atoms with E-state index in [1.54, 1.807) is 31.3 Å². The molecule has 2 heterocycles. The van der Waals surface area contributed by atoms with Gasteiger partial charge in [-0.2, -0.15) is 5.10 Å². The molecule has 0 fully saturated rings. The van der Waals surface area contributed by atoms with Crippen LogP contribution in [-0.4, -0.2) is 20.7 Å². The number of halogens is 1. The van der Waals surface area contributed by atoms with Gasteiger partial charge in [0.15, 0.2) is 5.69 Å². The number of anilines is 1. The molecule has 7 heteroatoms. The van der Waals surface area contributed by atoms with Crippen LogP contribution in [0.15, 0.2) is 41.2 Å². The van der Waals surface area contributed by atoms with Crippen molar-refractivity contribution in [1.82, 2.24) is 14.8 Å². The number of aryl methyl sites for hydroxylation is 2. The summed E-state index contributed by atoms with van der Waals surface area (Å²) in [7, 11) is 1.66. The van der Waals surface area contributed by atoms with E-state index < -0.39 is 11.3 Å². The van der Waals surface area contributed by atoms with Crippen molar-refractivity contribution in [2.24, 2.45) is 7.05 Å². The fourth-order valence-corrected chi connectivity index (χ4v) is 2.46. The summed E-state index contributed by atoms with van der Waals surface area (Å²) in [5.74, 6) is -0.240. The summed E-state index contributed by atoms with van der Waals surface area (Å²) >= 11 is 5.94. The summed E-state index contributed by atoms with van der Waals surface area (Å²) in [4.78, 5) is 29.1. The number of amides is 1. The Balaban J connectivity index is 2.07. The van der Waals surface area contributed by atoms with Gasteiger partial charge in [-0.3, -0.25) is 14.3 Å². The van der Waals surface area contributed by atoms with Crippen LogP contribution in [-0.2, 0) is 7.05 Å². The van der Waals surface area contributed by atoms with E-state index in [-0.39, 0.29) is 5.69 Å². The maximum absolute atomic E-state index is 12.5. The third-order valence-corrected chi connectivity index (χ3v) is 3.60. The number of hydrogen-bond donors (Lipinski definition) is 1. The molecule has 23 heavy (non-hydrogen) atoms. The van der Waals surface area contributed by atoms with Crippen LogP contribution in [0.1, 0.15) is 16.2 Å². The Hall–Kier alpha value is -2.73. The van der Waals surface area contributed by atoms with Gasteiger partial charge in [0.25, 0.3) is 5.91 Å². The van der Waals surface area contributed by atoms with Gasteiger partial charge in [0.2, 0.25) is 5.43 Å². The van der Waals surface area contributed by atoms with Gasteiger partial charge in [-0.05, 0) is 37.3 Å². The Morgan fingerprint density at radius 2 is 2.04 bits per heavy atom. The average molecular weight is 329 g/mol. The van der Waals surface area contributed by atoms with Gasteiger partial charge in [-0.15, -0.1) is 0 Å². The molecule has 0 saturated heterocycles. The molecule has 6 nitrogen and oxygen atoms in total. The van der Waals surface area contributed by atoms with Gasteiger partial charge < -0.3 is 5.32 Å². The number of nitrogens with zero attached hydrogens (tertiary/aromatic N) is 3. The van der Waals surface area contributed by atoms with Crippen molar-refractivity contribution in [1.29, 1.82) is 0 Å². The monoisotopic (exact) mass is 328 g/mol. The zero-order valence-electron chi connectivity index (χ0n) is 12.5. The van der Waals surface area contributed by atoms with E-state index >= 15 is 0 Å². The average Bonchev–Trinajstić information content (AvgIpc) is 2.50. The van der Waals surface area contributed by atoms with E-state index in [0.29, 0.717) is 21.7 Å². The number of hydrogen-bond acceptors (Lipinski definition) is 4. The molecule has 0 aliphatic heterocycles. The Morgan fingerprint density at radius 1 is 1.26 bits per heavy atom. The van der Waals surface area contributed by atoms with Crippen LogP contribution in [0.3, 0.4) is 0 Å². The van der Waals surface area contributed by atoms with Gasteiger partial charge in [0, 0.05) is 17.8 Å². The van der Waals surface area contributed by atoms with Crippen molar-refractivity contribution < 1.29 is 4.79 Å². The highest BCUT2D eigenvalue weighted by Crippen LogP contribution is 2.16. The normalized spacial score (nSPS) is 10.7. The van der Waals surface area contributed by atoms with Gasteiger partial charge in [0.05, 0.1) is 10.9 Å². The molecule has 1 amide bonds. The maximum Gasteiger partial charge on any atom is 0.281 e. The van der Waals surface area contributed by atoms with Gasteiger partial charge in [-0.25, -0.2) is 4.98 Å². The second-order valence-corrected chi connectivity index (χ2v) is 5.52. The predicted molar refractivity (Wildman–Crippen MR) is 88.9 cm³/mol. The van der Waals surface area contributed by atoms with E-state index in [2.05, 4.69) is 15.4 Å². The molecule has 2 aromatic heterocycles. The first-order valence-corrected chi connectivity index (χ1v) is 7.25. The molecule has 0 aliphatic rings. The number of carbonyl (C=O) groups excluding carboxylic acids is 1. The fraction of sp³-hybridized carbons (Fsp3) is 0.125. The molecule has 1 aromatic carbocycles. The molecule has 3 rings (SSSR count). The summed E-state index contributed by atoms with van der Waals surface area (Å²) in [6.07, 6.45) is 0. The lowest BCUT2D eigenvalue weighted by atomic mass is 10.2. The van der Waals surface area contributed by atoms with Crippen LogP contribution in [0.2, 0.25) is 5.02 Å². The highest BCUT2D eigenvalue weighted by Gasteiger charge is 2.17. The summed E-state index contributed by atoms with van der Waals surface area (Å²) in [6.45, 7) is 1.81. The van der Waals surface area contributed by atoms with E-state index in [9.17, 15) is 9.59 Å². The van der Waals surface area contributed by atoms with Gasteiger partial charge in [-0.1, -0.05) is 17.7 Å². The molecule has 0 bridgehead atoms. The lowest BCUT2D eigenvalue weighted by Gasteiger charge is -2.08. The predicted octanol–water partition coefficient (Wildman–Crippen LogP) is 2.54. The molecule has 0 saturated carbocycles. The molecular weight excluding hydrogens is 316 g/mol. The van der Waals surface area contributed by atoms with Crippen molar-refractivity contribution in [3.05, 3.63) is 63.0 Å². The van der Waals surface area contributed by atoms with E-state index in [1.807, 2.05) is 13.0 Å². The Kier molecular flexibility index (Phi) is 3.83. The quantitative estimate of drug-likeness (QED) is 0.784. The summed E-state index contributed by atoms with van der Waals surface area (Å²) in [5.41, 5.74) is 0.690. The highest BCUT2D eigenvalue weighted by molar-refractivity contribution is 6.31. The lowest BCUT2D eigenvalue weighted by molar-refractivity contribution is 0.101. The highest BCUT2D eigenvalue weighted by atomic mass is 35.5. The standard InChI is InChI=1S/C16H13ClN4O2/c1-9-4-3-5-13(18-9)19-16(23)14-15(22)11-8-10(17)6-7-12(11)21(2)20-14/h3-8H,1-2H3,(H,18,19,23). The summed E-state index contributed by atoms with van der Waals surface area (Å²) < 4.78 is 1.48. The second-order valence-electron chi connectivity index (χ2n) is 5.08. The molecule has 1 N–H and O–H groups in total. The summed E-state index contributed by atoms with van der Waals surface area (Å²) in [5, 5.41) is 7.43. The van der Waals surface area contributed by atoms with Crippen LogP contribution in [0.4, 0.5) is 5.82 Å².